The minimum Gasteiger partial charge on any atom is -0.465 e. The highest BCUT2D eigenvalue weighted by molar-refractivity contribution is 8.00. The summed E-state index contributed by atoms with van der Waals surface area (Å²) in [5.41, 5.74) is 0. The molecule has 0 radical (unpaired) electrons. The third-order valence-electron chi connectivity index (χ3n) is 1.02. The van der Waals surface area contributed by atoms with Crippen LogP contribution >= 0.6 is 37.0 Å². The summed E-state index contributed by atoms with van der Waals surface area (Å²) in [4.78, 5) is 10.9. The van der Waals surface area contributed by atoms with Crippen molar-refractivity contribution in [2.45, 2.75) is 6.42 Å². The zero-order valence-electron chi connectivity index (χ0n) is 6.86. The van der Waals surface area contributed by atoms with Gasteiger partial charge in [0.2, 0.25) is 0 Å². The Kier molecular flexibility index (Phi) is 10.0. The second-order valence-electron chi connectivity index (χ2n) is 2.07. The molecule has 0 amide bonds. The minimum atomic E-state index is -0.136. The number of thioether (sulfide) groups is 1. The van der Waals surface area contributed by atoms with Crippen molar-refractivity contribution in [2.75, 3.05) is 29.6 Å². The van der Waals surface area contributed by atoms with Gasteiger partial charge in [0.05, 0.1) is 12.4 Å². The zero-order chi connectivity index (χ0) is 9.23. The van der Waals surface area contributed by atoms with Gasteiger partial charge in [0.1, 0.15) is 0 Å². The molecular weight excluding hydrogens is 212 g/mol. The number of hydrogen-bond donors (Lipinski definition) is 2. The molecule has 0 aliphatic rings. The zero-order valence-corrected chi connectivity index (χ0v) is 9.47. The summed E-state index contributed by atoms with van der Waals surface area (Å²) < 4.78 is 4.90. The van der Waals surface area contributed by atoms with E-state index in [-0.39, 0.29) is 5.97 Å². The molecule has 0 aliphatic heterocycles. The van der Waals surface area contributed by atoms with Gasteiger partial charge in [0.15, 0.2) is 0 Å². The van der Waals surface area contributed by atoms with Gasteiger partial charge < -0.3 is 4.74 Å². The van der Waals surface area contributed by atoms with E-state index in [2.05, 4.69) is 25.3 Å². The fourth-order valence-corrected chi connectivity index (χ4v) is 1.55. The summed E-state index contributed by atoms with van der Waals surface area (Å²) >= 11 is 9.58. The fraction of sp³-hybridized carbons (Fsp3) is 0.857. The van der Waals surface area contributed by atoms with Gasteiger partial charge in [-0.25, -0.2) is 0 Å². The molecule has 0 saturated heterocycles. The lowest BCUT2D eigenvalue weighted by Gasteiger charge is -2.02. The van der Waals surface area contributed by atoms with Crippen LogP contribution in [-0.2, 0) is 9.53 Å². The largest absolute Gasteiger partial charge is 0.465 e. The van der Waals surface area contributed by atoms with Crippen molar-refractivity contribution in [3.63, 3.8) is 0 Å². The van der Waals surface area contributed by atoms with Crippen LogP contribution in [0.25, 0.3) is 0 Å². The van der Waals surface area contributed by atoms with E-state index in [1.807, 2.05) is 0 Å². The Morgan fingerprint density at radius 2 is 2.08 bits per heavy atom. The van der Waals surface area contributed by atoms with Gasteiger partial charge >= 0.3 is 5.97 Å². The second-order valence-corrected chi connectivity index (χ2v) is 4.07. The number of carbonyl (C=O) groups excluding carboxylic acids is 1. The number of ether oxygens (including phenoxy) is 1. The molecule has 0 heterocycles. The summed E-state index contributed by atoms with van der Waals surface area (Å²) in [6.45, 7) is 0.490. The van der Waals surface area contributed by atoms with Crippen molar-refractivity contribution in [1.82, 2.24) is 0 Å². The highest BCUT2D eigenvalue weighted by atomic mass is 32.2. The van der Waals surface area contributed by atoms with E-state index in [9.17, 15) is 4.79 Å². The van der Waals surface area contributed by atoms with Gasteiger partial charge in [-0.2, -0.15) is 25.3 Å². The standard InChI is InChI=1S/C7H14O2S3/c8-7(6-12-5-4-11)9-2-1-3-10/h10-11H,1-6H2. The van der Waals surface area contributed by atoms with E-state index in [0.717, 1.165) is 23.7 Å². The SMILES string of the molecule is O=C(CSCCS)OCCCS. The van der Waals surface area contributed by atoms with Gasteiger partial charge in [-0.15, -0.1) is 11.8 Å². The molecular formula is C7H14O2S3. The molecule has 0 atom stereocenters. The van der Waals surface area contributed by atoms with Gasteiger partial charge in [-0.1, -0.05) is 0 Å². The quantitative estimate of drug-likeness (QED) is 0.391. The molecule has 5 heteroatoms. The van der Waals surface area contributed by atoms with E-state index in [1.165, 1.54) is 0 Å². The maximum absolute atomic E-state index is 10.9. The molecule has 0 aliphatic carbocycles. The van der Waals surface area contributed by atoms with Crippen LogP contribution in [0.4, 0.5) is 0 Å². The number of esters is 1. The van der Waals surface area contributed by atoms with Crippen LogP contribution in [0.15, 0.2) is 0 Å². The normalized spacial score (nSPS) is 9.83. The molecule has 12 heavy (non-hydrogen) atoms. The highest BCUT2D eigenvalue weighted by Crippen LogP contribution is 2.01. The minimum absolute atomic E-state index is 0.136. The van der Waals surface area contributed by atoms with Crippen molar-refractivity contribution < 1.29 is 9.53 Å². The smallest absolute Gasteiger partial charge is 0.315 e. The summed E-state index contributed by atoms with van der Waals surface area (Å²) in [6.07, 6.45) is 0.825. The number of rotatable bonds is 7. The first-order chi connectivity index (χ1) is 5.81. The van der Waals surface area contributed by atoms with Crippen LogP contribution < -0.4 is 0 Å². The van der Waals surface area contributed by atoms with Crippen LogP contribution in [0, 0.1) is 0 Å². The molecule has 0 bridgehead atoms. The molecule has 0 aromatic rings. The number of hydrogen-bond acceptors (Lipinski definition) is 5. The molecule has 2 nitrogen and oxygen atoms in total. The van der Waals surface area contributed by atoms with E-state index in [4.69, 9.17) is 4.74 Å². The summed E-state index contributed by atoms with van der Waals surface area (Å²) in [6, 6.07) is 0. The van der Waals surface area contributed by atoms with Gasteiger partial charge in [-0.05, 0) is 17.9 Å². The average molecular weight is 226 g/mol. The Labute approximate surface area is 88.6 Å². The van der Waals surface area contributed by atoms with Crippen LogP contribution in [0.1, 0.15) is 6.42 Å². The molecule has 0 N–H and O–H groups in total. The van der Waals surface area contributed by atoms with Crippen LogP contribution in [0.3, 0.4) is 0 Å². The molecule has 0 saturated carbocycles. The Hall–Kier alpha value is 0.520. The molecule has 0 fully saturated rings. The Morgan fingerprint density at radius 3 is 2.67 bits per heavy atom. The molecule has 0 aromatic heterocycles. The number of carbonyl (C=O) groups is 1. The van der Waals surface area contributed by atoms with E-state index in [0.29, 0.717) is 12.4 Å². The van der Waals surface area contributed by atoms with Crippen LogP contribution in [-0.4, -0.2) is 35.6 Å². The first kappa shape index (κ1) is 12.5. The van der Waals surface area contributed by atoms with E-state index in [1.54, 1.807) is 11.8 Å². The van der Waals surface area contributed by atoms with Gasteiger partial charge in [0.25, 0.3) is 0 Å². The third kappa shape index (κ3) is 8.62. The van der Waals surface area contributed by atoms with Crippen LogP contribution in [0.2, 0.25) is 0 Å². The number of thiol groups is 2. The Morgan fingerprint density at radius 1 is 1.33 bits per heavy atom. The molecule has 72 valence electrons. The maximum Gasteiger partial charge on any atom is 0.315 e. The first-order valence-electron chi connectivity index (χ1n) is 3.76. The topological polar surface area (TPSA) is 26.3 Å². The molecule has 0 rings (SSSR count). The lowest BCUT2D eigenvalue weighted by Crippen LogP contribution is -2.09. The molecule has 0 unspecified atom stereocenters. The first-order valence-corrected chi connectivity index (χ1v) is 6.18. The lowest BCUT2D eigenvalue weighted by atomic mass is 10.5. The predicted octanol–water partition coefficient (Wildman–Crippen LogP) is 1.51. The Balaban J connectivity index is 3.10. The van der Waals surface area contributed by atoms with Crippen molar-refractivity contribution in [3.05, 3.63) is 0 Å². The monoisotopic (exact) mass is 226 g/mol. The van der Waals surface area contributed by atoms with Crippen molar-refractivity contribution in [1.29, 1.82) is 0 Å². The van der Waals surface area contributed by atoms with Crippen LogP contribution in [0.5, 0.6) is 0 Å². The van der Waals surface area contributed by atoms with E-state index < -0.39 is 0 Å². The predicted molar refractivity (Wildman–Crippen MR) is 60.6 cm³/mol. The second kappa shape index (κ2) is 9.61. The maximum atomic E-state index is 10.9. The summed E-state index contributed by atoms with van der Waals surface area (Å²) in [7, 11) is 0. The summed E-state index contributed by atoms with van der Waals surface area (Å²) in [5.74, 6) is 2.76. The van der Waals surface area contributed by atoms with E-state index >= 15 is 0 Å². The molecule has 0 aromatic carbocycles. The summed E-state index contributed by atoms with van der Waals surface area (Å²) in [5, 5.41) is 0. The van der Waals surface area contributed by atoms with Gasteiger partial charge in [0, 0.05) is 5.75 Å². The fourth-order valence-electron chi connectivity index (χ4n) is 0.512. The Bertz CT molecular complexity index is 107. The van der Waals surface area contributed by atoms with Crippen molar-refractivity contribution in [2.24, 2.45) is 0 Å². The lowest BCUT2D eigenvalue weighted by molar-refractivity contribution is -0.140. The third-order valence-corrected chi connectivity index (χ3v) is 2.80. The highest BCUT2D eigenvalue weighted by Gasteiger charge is 2.00. The van der Waals surface area contributed by atoms with Gasteiger partial charge in [-0.3, -0.25) is 4.79 Å². The van der Waals surface area contributed by atoms with Crippen molar-refractivity contribution >= 4 is 43.0 Å². The average Bonchev–Trinajstić information content (AvgIpc) is 2.06. The van der Waals surface area contributed by atoms with Crippen molar-refractivity contribution in [3.8, 4) is 0 Å². The molecule has 0 spiro atoms.